The van der Waals surface area contributed by atoms with Gasteiger partial charge in [-0.05, 0) is 36.1 Å². The van der Waals surface area contributed by atoms with Gasteiger partial charge in [-0.15, -0.1) is 0 Å². The molecule has 6 heteroatoms. The molecule has 0 fully saturated rings. The van der Waals surface area contributed by atoms with Crippen molar-refractivity contribution in [2.24, 2.45) is 0 Å². The van der Waals surface area contributed by atoms with Crippen LogP contribution in [0.1, 0.15) is 27.4 Å². The molecule has 0 bridgehead atoms. The molecule has 1 amide bonds. The molecule has 0 saturated carbocycles. The quantitative estimate of drug-likeness (QED) is 0.864. The van der Waals surface area contributed by atoms with Crippen molar-refractivity contribution in [3.05, 3.63) is 46.8 Å². The Bertz CT molecular complexity index is 696. The summed E-state index contributed by atoms with van der Waals surface area (Å²) in [7, 11) is 3.24. The van der Waals surface area contributed by atoms with E-state index < -0.39 is 0 Å². The Morgan fingerprint density at radius 2 is 2.00 bits per heavy atom. The zero-order valence-electron chi connectivity index (χ0n) is 13.4. The summed E-state index contributed by atoms with van der Waals surface area (Å²) in [6.07, 6.45) is 1.63. The molecule has 0 N–H and O–H groups in total. The third-order valence-corrected chi connectivity index (χ3v) is 4.07. The SMILES string of the molecule is COCc1cc(C(=O)N2CCc3ccc(OC)cc3CC2)no1. The number of nitrogens with zero attached hydrogens (tertiary/aromatic N) is 2. The Balaban J connectivity index is 1.71. The van der Waals surface area contributed by atoms with E-state index in [1.165, 1.54) is 11.1 Å². The standard InChI is InChI=1S/C17H20N2O4/c1-21-11-15-10-16(18-23-15)17(20)19-7-5-12-3-4-14(22-2)9-13(12)6-8-19/h3-4,9-10H,5-8,11H2,1-2H3. The molecule has 23 heavy (non-hydrogen) atoms. The van der Waals surface area contributed by atoms with Crippen LogP contribution in [0.2, 0.25) is 0 Å². The number of carbonyl (C=O) groups excluding carboxylic acids is 1. The highest BCUT2D eigenvalue weighted by Crippen LogP contribution is 2.22. The van der Waals surface area contributed by atoms with Crippen molar-refractivity contribution in [2.45, 2.75) is 19.4 Å². The predicted octanol–water partition coefficient (Wildman–Crippen LogP) is 2.07. The molecule has 0 aliphatic carbocycles. The van der Waals surface area contributed by atoms with E-state index in [1.54, 1.807) is 20.3 Å². The second-order valence-corrected chi connectivity index (χ2v) is 5.54. The zero-order valence-corrected chi connectivity index (χ0v) is 13.4. The Morgan fingerprint density at radius 3 is 2.74 bits per heavy atom. The van der Waals surface area contributed by atoms with Crippen LogP contribution >= 0.6 is 0 Å². The van der Waals surface area contributed by atoms with E-state index in [0.717, 1.165) is 18.6 Å². The second-order valence-electron chi connectivity index (χ2n) is 5.54. The molecule has 3 rings (SSSR count). The maximum Gasteiger partial charge on any atom is 0.276 e. The molecule has 0 unspecified atom stereocenters. The summed E-state index contributed by atoms with van der Waals surface area (Å²) in [4.78, 5) is 14.4. The highest BCUT2D eigenvalue weighted by molar-refractivity contribution is 5.92. The van der Waals surface area contributed by atoms with Crippen molar-refractivity contribution in [3.8, 4) is 5.75 Å². The van der Waals surface area contributed by atoms with Gasteiger partial charge in [0.25, 0.3) is 5.91 Å². The van der Waals surface area contributed by atoms with Gasteiger partial charge in [0, 0.05) is 26.3 Å². The van der Waals surface area contributed by atoms with Crippen LogP contribution in [-0.4, -0.2) is 43.3 Å². The highest BCUT2D eigenvalue weighted by atomic mass is 16.5. The largest absolute Gasteiger partial charge is 0.497 e. The molecule has 1 aliphatic rings. The molecular formula is C17H20N2O4. The number of benzene rings is 1. The van der Waals surface area contributed by atoms with Crippen LogP contribution in [0, 0.1) is 0 Å². The lowest BCUT2D eigenvalue weighted by Crippen LogP contribution is -2.33. The van der Waals surface area contributed by atoms with Gasteiger partial charge in [-0.25, -0.2) is 0 Å². The van der Waals surface area contributed by atoms with Crippen LogP contribution in [0.3, 0.4) is 0 Å². The molecule has 1 aromatic heterocycles. The van der Waals surface area contributed by atoms with Crippen LogP contribution in [0.25, 0.3) is 0 Å². The second kappa shape index (κ2) is 6.83. The van der Waals surface area contributed by atoms with Crippen molar-refractivity contribution >= 4 is 5.91 Å². The fourth-order valence-corrected chi connectivity index (χ4v) is 2.82. The number of hydrogen-bond donors (Lipinski definition) is 0. The van der Waals surface area contributed by atoms with E-state index in [2.05, 4.69) is 17.3 Å². The number of amides is 1. The van der Waals surface area contributed by atoms with Crippen LogP contribution < -0.4 is 4.74 Å². The Kier molecular flexibility index (Phi) is 4.62. The van der Waals surface area contributed by atoms with Gasteiger partial charge in [0.1, 0.15) is 12.4 Å². The normalized spacial score (nSPS) is 14.3. The molecule has 0 saturated heterocycles. The number of carbonyl (C=O) groups is 1. The number of aromatic nitrogens is 1. The molecule has 0 radical (unpaired) electrons. The number of ether oxygens (including phenoxy) is 2. The predicted molar refractivity (Wildman–Crippen MR) is 83.5 cm³/mol. The van der Waals surface area contributed by atoms with Gasteiger partial charge in [-0.1, -0.05) is 11.2 Å². The number of methoxy groups -OCH3 is 2. The van der Waals surface area contributed by atoms with Gasteiger partial charge in [-0.2, -0.15) is 0 Å². The topological polar surface area (TPSA) is 64.8 Å². The lowest BCUT2D eigenvalue weighted by Gasteiger charge is -2.18. The molecule has 6 nitrogen and oxygen atoms in total. The van der Waals surface area contributed by atoms with E-state index >= 15 is 0 Å². The third-order valence-electron chi connectivity index (χ3n) is 4.07. The van der Waals surface area contributed by atoms with Gasteiger partial charge in [0.2, 0.25) is 0 Å². The number of rotatable bonds is 4. The number of hydrogen-bond acceptors (Lipinski definition) is 5. The fraction of sp³-hybridized carbons (Fsp3) is 0.412. The summed E-state index contributed by atoms with van der Waals surface area (Å²) in [6.45, 7) is 1.64. The van der Waals surface area contributed by atoms with E-state index in [-0.39, 0.29) is 5.91 Å². The van der Waals surface area contributed by atoms with Gasteiger partial charge in [-0.3, -0.25) is 4.79 Å². The van der Waals surface area contributed by atoms with Gasteiger partial charge < -0.3 is 18.9 Å². The van der Waals surface area contributed by atoms with E-state index in [0.29, 0.717) is 31.2 Å². The Hall–Kier alpha value is -2.34. The molecule has 2 heterocycles. The van der Waals surface area contributed by atoms with Crippen molar-refractivity contribution in [2.75, 3.05) is 27.3 Å². The molecule has 0 spiro atoms. The first-order valence-electron chi connectivity index (χ1n) is 7.61. The van der Waals surface area contributed by atoms with Crippen LogP contribution in [0.15, 0.2) is 28.8 Å². The fourth-order valence-electron chi connectivity index (χ4n) is 2.82. The lowest BCUT2D eigenvalue weighted by atomic mass is 10.0. The van der Waals surface area contributed by atoms with E-state index in [1.807, 2.05) is 11.0 Å². The highest BCUT2D eigenvalue weighted by Gasteiger charge is 2.22. The average Bonchev–Trinajstić information content (AvgIpc) is 2.93. The van der Waals surface area contributed by atoms with Crippen LogP contribution in [-0.2, 0) is 24.2 Å². The number of fused-ring (bicyclic) bond motifs is 1. The first-order chi connectivity index (χ1) is 11.2. The molecule has 122 valence electrons. The average molecular weight is 316 g/mol. The molecule has 0 atom stereocenters. The van der Waals surface area contributed by atoms with Crippen molar-refractivity contribution in [1.82, 2.24) is 10.1 Å². The summed E-state index contributed by atoms with van der Waals surface area (Å²) < 4.78 is 15.4. The summed E-state index contributed by atoms with van der Waals surface area (Å²) >= 11 is 0. The summed E-state index contributed by atoms with van der Waals surface area (Å²) in [6, 6.07) is 7.74. The maximum atomic E-state index is 12.6. The Morgan fingerprint density at radius 1 is 1.22 bits per heavy atom. The third kappa shape index (κ3) is 3.37. The van der Waals surface area contributed by atoms with Crippen LogP contribution in [0.5, 0.6) is 5.75 Å². The monoisotopic (exact) mass is 316 g/mol. The zero-order chi connectivity index (χ0) is 16.2. The Labute approximate surface area is 135 Å². The van der Waals surface area contributed by atoms with Gasteiger partial charge in [0.05, 0.1) is 7.11 Å². The van der Waals surface area contributed by atoms with E-state index in [9.17, 15) is 4.79 Å². The minimum absolute atomic E-state index is 0.101. The van der Waals surface area contributed by atoms with E-state index in [4.69, 9.17) is 14.0 Å². The molecular weight excluding hydrogens is 296 g/mol. The summed E-state index contributed by atoms with van der Waals surface area (Å²) in [5.74, 6) is 1.30. The van der Waals surface area contributed by atoms with Gasteiger partial charge >= 0.3 is 0 Å². The minimum atomic E-state index is -0.101. The maximum absolute atomic E-state index is 12.6. The first-order valence-corrected chi connectivity index (χ1v) is 7.61. The van der Waals surface area contributed by atoms with Crippen molar-refractivity contribution < 1.29 is 18.8 Å². The molecule has 1 aromatic carbocycles. The van der Waals surface area contributed by atoms with Crippen molar-refractivity contribution in [3.63, 3.8) is 0 Å². The summed E-state index contributed by atoms with van der Waals surface area (Å²) in [5.41, 5.74) is 2.83. The molecule has 1 aliphatic heterocycles. The summed E-state index contributed by atoms with van der Waals surface area (Å²) in [5, 5.41) is 3.85. The van der Waals surface area contributed by atoms with Gasteiger partial charge in [0.15, 0.2) is 11.5 Å². The van der Waals surface area contributed by atoms with Crippen LogP contribution in [0.4, 0.5) is 0 Å². The minimum Gasteiger partial charge on any atom is -0.497 e. The smallest absolute Gasteiger partial charge is 0.276 e. The lowest BCUT2D eigenvalue weighted by molar-refractivity contribution is 0.0752. The van der Waals surface area contributed by atoms with Crippen molar-refractivity contribution in [1.29, 1.82) is 0 Å². The molecule has 2 aromatic rings. The first kappa shape index (κ1) is 15.6.